The van der Waals surface area contributed by atoms with Gasteiger partial charge in [-0.15, -0.1) is 0 Å². The zero-order chi connectivity index (χ0) is 13.7. The maximum Gasteiger partial charge on any atom is 0.312 e. The van der Waals surface area contributed by atoms with E-state index in [0.717, 1.165) is 28.7 Å². The van der Waals surface area contributed by atoms with Gasteiger partial charge in [0, 0.05) is 11.0 Å². The summed E-state index contributed by atoms with van der Waals surface area (Å²) in [6, 6.07) is 0. The van der Waals surface area contributed by atoms with Crippen LogP contribution in [0.15, 0.2) is 0 Å². The third kappa shape index (κ3) is 1.61. The van der Waals surface area contributed by atoms with Crippen LogP contribution in [-0.2, 0) is 10.2 Å². The molecule has 0 fully saturated rings. The fourth-order valence-electron chi connectivity index (χ4n) is 2.82. The second-order valence-electron chi connectivity index (χ2n) is 5.49. The predicted molar refractivity (Wildman–Crippen MR) is 70.2 cm³/mol. The van der Waals surface area contributed by atoms with Crippen molar-refractivity contribution in [2.24, 2.45) is 0 Å². The fourth-order valence-corrected chi connectivity index (χ4v) is 2.82. The standard InChI is InChI=1S/C15H20O3/c1-6-15(5)7-11(16)18-14-9(3)8(2)13(17)10(4)12(14)15/h17H,6-7H2,1-5H3. The van der Waals surface area contributed by atoms with Gasteiger partial charge in [-0.3, -0.25) is 4.79 Å². The molecule has 3 nitrogen and oxygen atoms in total. The van der Waals surface area contributed by atoms with Crippen LogP contribution in [0.2, 0.25) is 0 Å². The quantitative estimate of drug-likeness (QED) is 0.612. The molecule has 0 aromatic heterocycles. The van der Waals surface area contributed by atoms with Crippen molar-refractivity contribution in [1.82, 2.24) is 0 Å². The second-order valence-corrected chi connectivity index (χ2v) is 5.49. The monoisotopic (exact) mass is 248 g/mol. The van der Waals surface area contributed by atoms with E-state index >= 15 is 0 Å². The van der Waals surface area contributed by atoms with Crippen LogP contribution in [0.5, 0.6) is 11.5 Å². The van der Waals surface area contributed by atoms with Crippen molar-refractivity contribution in [1.29, 1.82) is 0 Å². The van der Waals surface area contributed by atoms with Gasteiger partial charge < -0.3 is 9.84 Å². The summed E-state index contributed by atoms with van der Waals surface area (Å²) in [5, 5.41) is 10.2. The minimum Gasteiger partial charge on any atom is -0.507 e. The highest BCUT2D eigenvalue weighted by molar-refractivity contribution is 5.80. The minimum atomic E-state index is -0.245. The number of ether oxygens (including phenoxy) is 1. The lowest BCUT2D eigenvalue weighted by molar-refractivity contribution is -0.137. The maximum atomic E-state index is 11.8. The number of benzene rings is 1. The molecule has 98 valence electrons. The van der Waals surface area contributed by atoms with Gasteiger partial charge in [-0.25, -0.2) is 0 Å². The third-order valence-corrected chi connectivity index (χ3v) is 4.35. The number of fused-ring (bicyclic) bond motifs is 1. The van der Waals surface area contributed by atoms with E-state index in [1.54, 1.807) is 0 Å². The first-order valence-corrected chi connectivity index (χ1v) is 6.35. The van der Waals surface area contributed by atoms with Crippen LogP contribution in [0.4, 0.5) is 0 Å². The maximum absolute atomic E-state index is 11.8. The van der Waals surface area contributed by atoms with Gasteiger partial charge in [0.25, 0.3) is 0 Å². The molecule has 0 amide bonds. The second kappa shape index (κ2) is 4.01. The highest BCUT2D eigenvalue weighted by Crippen LogP contribution is 2.48. The molecular weight excluding hydrogens is 228 g/mol. The van der Waals surface area contributed by atoms with Gasteiger partial charge in [-0.05, 0) is 43.9 Å². The summed E-state index contributed by atoms with van der Waals surface area (Å²) in [5.74, 6) is 0.798. The predicted octanol–water partition coefficient (Wildman–Crippen LogP) is 3.29. The number of carbonyl (C=O) groups excluding carboxylic acids is 1. The number of phenols is 1. The van der Waals surface area contributed by atoms with Crippen LogP contribution in [0, 0.1) is 20.8 Å². The molecular formula is C15H20O3. The molecule has 0 saturated carbocycles. The highest BCUT2D eigenvalue weighted by Gasteiger charge is 2.39. The van der Waals surface area contributed by atoms with Gasteiger partial charge in [0.2, 0.25) is 0 Å². The van der Waals surface area contributed by atoms with Crippen LogP contribution < -0.4 is 4.74 Å². The summed E-state index contributed by atoms with van der Waals surface area (Å²) >= 11 is 0. The normalized spacial score (nSPS) is 22.6. The number of hydrogen-bond acceptors (Lipinski definition) is 3. The molecule has 18 heavy (non-hydrogen) atoms. The summed E-state index contributed by atoms with van der Waals surface area (Å²) < 4.78 is 5.43. The van der Waals surface area contributed by atoms with E-state index in [9.17, 15) is 9.90 Å². The van der Waals surface area contributed by atoms with Crippen molar-refractivity contribution in [2.45, 2.75) is 52.9 Å². The summed E-state index contributed by atoms with van der Waals surface area (Å²) in [6.07, 6.45) is 1.22. The van der Waals surface area contributed by atoms with Crippen LogP contribution in [0.25, 0.3) is 0 Å². The molecule has 1 atom stereocenters. The third-order valence-electron chi connectivity index (χ3n) is 4.35. The average Bonchev–Trinajstić information content (AvgIpc) is 2.32. The Balaban J connectivity index is 2.83. The lowest BCUT2D eigenvalue weighted by Crippen LogP contribution is -2.34. The smallest absolute Gasteiger partial charge is 0.312 e. The van der Waals surface area contributed by atoms with Crippen LogP contribution in [0.3, 0.4) is 0 Å². The van der Waals surface area contributed by atoms with Gasteiger partial charge in [-0.1, -0.05) is 13.8 Å². The van der Waals surface area contributed by atoms with E-state index in [-0.39, 0.29) is 11.4 Å². The Labute approximate surface area is 108 Å². The van der Waals surface area contributed by atoms with E-state index in [2.05, 4.69) is 13.8 Å². The van der Waals surface area contributed by atoms with E-state index < -0.39 is 0 Å². The number of hydrogen-bond donors (Lipinski definition) is 1. The highest BCUT2D eigenvalue weighted by atomic mass is 16.5. The Bertz CT molecular complexity index is 531. The zero-order valence-electron chi connectivity index (χ0n) is 11.7. The molecule has 1 aliphatic rings. The number of aromatic hydroxyl groups is 1. The van der Waals surface area contributed by atoms with Gasteiger partial charge in [0.1, 0.15) is 11.5 Å². The molecule has 1 aromatic rings. The summed E-state index contributed by atoms with van der Waals surface area (Å²) in [4.78, 5) is 11.8. The Hall–Kier alpha value is -1.51. The van der Waals surface area contributed by atoms with Crippen molar-refractivity contribution in [3.05, 3.63) is 22.3 Å². The number of esters is 1. The Morgan fingerprint density at radius 2 is 1.83 bits per heavy atom. The summed E-state index contributed by atoms with van der Waals surface area (Å²) in [7, 11) is 0. The molecule has 0 saturated heterocycles. The molecule has 2 rings (SSSR count). The topological polar surface area (TPSA) is 46.5 Å². The van der Waals surface area contributed by atoms with E-state index in [1.807, 2.05) is 20.8 Å². The van der Waals surface area contributed by atoms with Crippen molar-refractivity contribution >= 4 is 5.97 Å². The van der Waals surface area contributed by atoms with Gasteiger partial charge >= 0.3 is 5.97 Å². The molecule has 1 aromatic carbocycles. The largest absolute Gasteiger partial charge is 0.507 e. The number of carbonyl (C=O) groups is 1. The van der Waals surface area contributed by atoms with E-state index in [4.69, 9.17) is 4.74 Å². The lowest BCUT2D eigenvalue weighted by atomic mass is 9.72. The molecule has 1 heterocycles. The van der Waals surface area contributed by atoms with E-state index in [0.29, 0.717) is 17.9 Å². The van der Waals surface area contributed by atoms with Crippen LogP contribution >= 0.6 is 0 Å². The Kier molecular flexibility index (Phi) is 2.88. The van der Waals surface area contributed by atoms with Gasteiger partial charge in [0.15, 0.2) is 0 Å². The van der Waals surface area contributed by atoms with Crippen LogP contribution in [-0.4, -0.2) is 11.1 Å². The molecule has 0 radical (unpaired) electrons. The van der Waals surface area contributed by atoms with Crippen molar-refractivity contribution in [2.75, 3.05) is 0 Å². The van der Waals surface area contributed by atoms with Crippen molar-refractivity contribution < 1.29 is 14.6 Å². The molecule has 0 spiro atoms. The van der Waals surface area contributed by atoms with Crippen molar-refractivity contribution in [3.63, 3.8) is 0 Å². The van der Waals surface area contributed by atoms with E-state index in [1.165, 1.54) is 0 Å². The first-order chi connectivity index (χ1) is 8.31. The molecule has 0 aliphatic carbocycles. The first kappa shape index (κ1) is 12.9. The molecule has 1 N–H and O–H groups in total. The zero-order valence-corrected chi connectivity index (χ0v) is 11.7. The molecule has 3 heteroatoms. The Morgan fingerprint density at radius 1 is 1.22 bits per heavy atom. The van der Waals surface area contributed by atoms with Crippen molar-refractivity contribution in [3.8, 4) is 11.5 Å². The molecule has 0 bridgehead atoms. The summed E-state index contributed by atoms with van der Waals surface area (Å²) in [5.41, 5.74) is 3.24. The number of rotatable bonds is 1. The number of phenolic OH excluding ortho intramolecular Hbond substituents is 1. The first-order valence-electron chi connectivity index (χ1n) is 6.35. The Morgan fingerprint density at radius 3 is 2.39 bits per heavy atom. The molecule has 1 aliphatic heterocycles. The average molecular weight is 248 g/mol. The SMILES string of the molecule is CCC1(C)CC(=O)Oc2c(C)c(C)c(O)c(C)c21. The van der Waals surface area contributed by atoms with Gasteiger partial charge in [-0.2, -0.15) is 0 Å². The lowest BCUT2D eigenvalue weighted by Gasteiger charge is -2.36. The summed E-state index contributed by atoms with van der Waals surface area (Å²) in [6.45, 7) is 9.76. The van der Waals surface area contributed by atoms with Crippen LogP contribution in [0.1, 0.15) is 48.9 Å². The molecule has 1 unspecified atom stereocenters. The fraction of sp³-hybridized carbons (Fsp3) is 0.533. The van der Waals surface area contributed by atoms with Gasteiger partial charge in [0.05, 0.1) is 6.42 Å². The minimum absolute atomic E-state index is 0.181.